The number of aromatic nitrogens is 3. The molecule has 0 bridgehead atoms. The average molecular weight is 304 g/mol. The van der Waals surface area contributed by atoms with Gasteiger partial charge < -0.3 is 9.67 Å². The summed E-state index contributed by atoms with van der Waals surface area (Å²) in [6.07, 6.45) is 0. The lowest BCUT2D eigenvalue weighted by Crippen LogP contribution is -2.47. The van der Waals surface area contributed by atoms with Crippen molar-refractivity contribution in [3.8, 4) is 0 Å². The Bertz CT molecular complexity index is 728. The number of aliphatic carboxylic acids is 1. The quantitative estimate of drug-likeness (QED) is 0.930. The number of benzene rings is 1. The van der Waals surface area contributed by atoms with Gasteiger partial charge in [-0.1, -0.05) is 6.07 Å². The summed E-state index contributed by atoms with van der Waals surface area (Å²) in [6, 6.07) is 3.89. The number of halogens is 1. The monoisotopic (exact) mass is 304 g/mol. The third-order valence-electron chi connectivity index (χ3n) is 4.12. The minimum Gasteiger partial charge on any atom is -0.480 e. The van der Waals surface area contributed by atoms with E-state index in [2.05, 4.69) is 10.2 Å². The molecule has 1 aliphatic rings. The molecule has 116 valence electrons. The number of fused-ring (bicyclic) bond motifs is 1. The molecule has 1 aliphatic heterocycles. The van der Waals surface area contributed by atoms with E-state index in [1.807, 2.05) is 18.4 Å². The van der Waals surface area contributed by atoms with E-state index in [0.29, 0.717) is 25.5 Å². The summed E-state index contributed by atoms with van der Waals surface area (Å²) >= 11 is 0. The maximum Gasteiger partial charge on any atom is 0.322 e. The lowest BCUT2D eigenvalue weighted by molar-refractivity contribution is -0.145. The molecular weight excluding hydrogens is 287 g/mol. The number of carboxylic acid groups (broad SMARTS) is 1. The van der Waals surface area contributed by atoms with Crippen LogP contribution in [0.15, 0.2) is 18.2 Å². The molecule has 0 saturated heterocycles. The first-order chi connectivity index (χ1) is 10.5. The zero-order valence-corrected chi connectivity index (χ0v) is 12.5. The van der Waals surface area contributed by atoms with Gasteiger partial charge in [0.2, 0.25) is 0 Å². The molecule has 6 nitrogen and oxygen atoms in total. The van der Waals surface area contributed by atoms with Gasteiger partial charge in [0, 0.05) is 6.54 Å². The fourth-order valence-electron chi connectivity index (χ4n) is 2.79. The summed E-state index contributed by atoms with van der Waals surface area (Å²) in [4.78, 5) is 13.4. The van der Waals surface area contributed by atoms with Crippen LogP contribution in [0.1, 0.15) is 22.8 Å². The van der Waals surface area contributed by atoms with Gasteiger partial charge in [-0.15, -0.1) is 10.2 Å². The fourth-order valence-corrected chi connectivity index (χ4v) is 2.79. The molecule has 0 radical (unpaired) electrons. The molecule has 1 N–H and O–H groups in total. The molecule has 1 unspecified atom stereocenters. The fraction of sp³-hybridized carbons (Fsp3) is 0.400. The Morgan fingerprint density at radius 3 is 2.91 bits per heavy atom. The van der Waals surface area contributed by atoms with Crippen molar-refractivity contribution >= 4 is 5.97 Å². The van der Waals surface area contributed by atoms with Crippen LogP contribution in [0, 0.1) is 19.7 Å². The second-order valence-electron chi connectivity index (χ2n) is 5.60. The highest BCUT2D eigenvalue weighted by molar-refractivity contribution is 5.73. The van der Waals surface area contributed by atoms with Crippen LogP contribution in [0.5, 0.6) is 0 Å². The summed E-state index contributed by atoms with van der Waals surface area (Å²) in [7, 11) is 0. The second kappa shape index (κ2) is 5.49. The molecule has 0 saturated carbocycles. The van der Waals surface area contributed by atoms with E-state index in [4.69, 9.17) is 0 Å². The third-order valence-corrected chi connectivity index (χ3v) is 4.12. The van der Waals surface area contributed by atoms with Crippen LogP contribution in [-0.4, -0.2) is 36.8 Å². The standard InChI is InChI=1S/C15H17FN4O2/c1-9-3-4-12(16)5-11(9)6-19-8-14-18-17-10(2)20(14)7-13(19)15(21)22/h3-5,13H,6-8H2,1-2H3,(H,21,22). The molecule has 0 aliphatic carbocycles. The Kier molecular flexibility index (Phi) is 3.66. The summed E-state index contributed by atoms with van der Waals surface area (Å²) in [6.45, 7) is 4.75. The van der Waals surface area contributed by atoms with Gasteiger partial charge in [0.25, 0.3) is 0 Å². The van der Waals surface area contributed by atoms with E-state index in [9.17, 15) is 14.3 Å². The van der Waals surface area contributed by atoms with E-state index in [1.54, 1.807) is 11.0 Å². The molecule has 0 fully saturated rings. The van der Waals surface area contributed by atoms with Crippen molar-refractivity contribution in [1.82, 2.24) is 19.7 Å². The molecule has 1 atom stereocenters. The first-order valence-corrected chi connectivity index (χ1v) is 7.06. The first-order valence-electron chi connectivity index (χ1n) is 7.06. The molecule has 7 heteroatoms. The molecule has 2 aromatic rings. The maximum absolute atomic E-state index is 13.4. The van der Waals surface area contributed by atoms with Gasteiger partial charge in [0.1, 0.15) is 23.5 Å². The van der Waals surface area contributed by atoms with Crippen molar-refractivity contribution < 1.29 is 14.3 Å². The van der Waals surface area contributed by atoms with E-state index in [0.717, 1.165) is 17.0 Å². The van der Waals surface area contributed by atoms with E-state index >= 15 is 0 Å². The van der Waals surface area contributed by atoms with Gasteiger partial charge in [0.15, 0.2) is 0 Å². The van der Waals surface area contributed by atoms with E-state index in [1.165, 1.54) is 12.1 Å². The topological polar surface area (TPSA) is 71.2 Å². The van der Waals surface area contributed by atoms with Crippen molar-refractivity contribution in [1.29, 1.82) is 0 Å². The Morgan fingerprint density at radius 1 is 1.41 bits per heavy atom. The Labute approximate surface area is 127 Å². The van der Waals surface area contributed by atoms with Crippen LogP contribution in [0.2, 0.25) is 0 Å². The molecule has 2 heterocycles. The largest absolute Gasteiger partial charge is 0.480 e. The Balaban J connectivity index is 1.91. The number of hydrogen-bond donors (Lipinski definition) is 1. The summed E-state index contributed by atoms with van der Waals surface area (Å²) in [5.74, 6) is 0.239. The highest BCUT2D eigenvalue weighted by Gasteiger charge is 2.33. The molecule has 0 spiro atoms. The van der Waals surface area contributed by atoms with E-state index in [-0.39, 0.29) is 5.82 Å². The van der Waals surface area contributed by atoms with Crippen molar-refractivity contribution in [3.05, 3.63) is 46.8 Å². The zero-order valence-electron chi connectivity index (χ0n) is 12.5. The highest BCUT2D eigenvalue weighted by atomic mass is 19.1. The number of carbonyl (C=O) groups is 1. The number of aryl methyl sites for hydroxylation is 2. The van der Waals surface area contributed by atoms with Gasteiger partial charge in [-0.2, -0.15) is 0 Å². The van der Waals surface area contributed by atoms with Crippen LogP contribution < -0.4 is 0 Å². The highest BCUT2D eigenvalue weighted by Crippen LogP contribution is 2.22. The summed E-state index contributed by atoms with van der Waals surface area (Å²) in [5, 5.41) is 17.6. The number of rotatable bonds is 3. The van der Waals surface area contributed by atoms with Crippen LogP contribution in [-0.2, 0) is 24.4 Å². The van der Waals surface area contributed by atoms with Crippen LogP contribution in [0.25, 0.3) is 0 Å². The van der Waals surface area contributed by atoms with Crippen molar-refractivity contribution in [3.63, 3.8) is 0 Å². The first kappa shape index (κ1) is 14.6. The SMILES string of the molecule is Cc1ccc(F)cc1CN1Cc2nnc(C)n2CC1C(=O)O. The predicted molar refractivity (Wildman–Crippen MR) is 76.6 cm³/mol. The minimum absolute atomic E-state index is 0.303. The molecular formula is C15H17FN4O2. The molecule has 1 aromatic carbocycles. The molecule has 0 amide bonds. The van der Waals surface area contributed by atoms with Crippen LogP contribution in [0.3, 0.4) is 0 Å². The Hall–Kier alpha value is -2.28. The van der Waals surface area contributed by atoms with Gasteiger partial charge in [-0.25, -0.2) is 4.39 Å². The molecule has 3 rings (SSSR count). The Morgan fingerprint density at radius 2 is 2.18 bits per heavy atom. The molecule has 22 heavy (non-hydrogen) atoms. The van der Waals surface area contributed by atoms with Crippen molar-refractivity contribution in [2.24, 2.45) is 0 Å². The maximum atomic E-state index is 13.4. The smallest absolute Gasteiger partial charge is 0.322 e. The van der Waals surface area contributed by atoms with Crippen LogP contribution in [0.4, 0.5) is 4.39 Å². The van der Waals surface area contributed by atoms with Crippen molar-refractivity contribution in [2.45, 2.75) is 39.5 Å². The number of carboxylic acids is 1. The average Bonchev–Trinajstić information content (AvgIpc) is 2.83. The number of nitrogens with zero attached hydrogens (tertiary/aromatic N) is 4. The van der Waals surface area contributed by atoms with Gasteiger partial charge in [0.05, 0.1) is 13.1 Å². The second-order valence-corrected chi connectivity index (χ2v) is 5.60. The zero-order chi connectivity index (χ0) is 15.9. The number of hydrogen-bond acceptors (Lipinski definition) is 4. The van der Waals surface area contributed by atoms with Gasteiger partial charge in [-0.3, -0.25) is 9.69 Å². The van der Waals surface area contributed by atoms with Crippen molar-refractivity contribution in [2.75, 3.05) is 0 Å². The predicted octanol–water partition coefficient (Wildman–Crippen LogP) is 1.50. The van der Waals surface area contributed by atoms with Gasteiger partial charge >= 0.3 is 5.97 Å². The van der Waals surface area contributed by atoms with E-state index < -0.39 is 12.0 Å². The minimum atomic E-state index is -0.896. The lowest BCUT2D eigenvalue weighted by atomic mass is 10.1. The van der Waals surface area contributed by atoms with Crippen LogP contribution >= 0.6 is 0 Å². The lowest BCUT2D eigenvalue weighted by Gasteiger charge is -2.33. The third kappa shape index (κ3) is 2.59. The normalized spacial score (nSPS) is 18.2. The van der Waals surface area contributed by atoms with Gasteiger partial charge in [-0.05, 0) is 37.1 Å². The molecule has 1 aromatic heterocycles. The summed E-state index contributed by atoms with van der Waals surface area (Å²) in [5.41, 5.74) is 1.73. The summed E-state index contributed by atoms with van der Waals surface area (Å²) < 4.78 is 15.3.